The molecule has 12 N–H and O–H groups in total. The molecular weight excluding hydrogens is 881 g/mol. The van der Waals surface area contributed by atoms with Crippen LogP contribution in [0, 0.1) is 56.7 Å². The van der Waals surface area contributed by atoms with Gasteiger partial charge in [-0.1, -0.05) is 53.2 Å². The third-order valence-corrected chi connectivity index (χ3v) is 19.7. The lowest BCUT2D eigenvalue weighted by molar-refractivity contribution is -0.361. The largest absolute Gasteiger partial charge is 0.432 e. The van der Waals surface area contributed by atoms with Gasteiger partial charge in [-0.2, -0.15) is 0 Å². The second kappa shape index (κ2) is 18.5. The molecule has 3 saturated heterocycles. The molecule has 0 aromatic rings. The van der Waals surface area contributed by atoms with Crippen LogP contribution in [0.3, 0.4) is 0 Å². The van der Waals surface area contributed by atoms with E-state index < -0.39 is 134 Å². The van der Waals surface area contributed by atoms with Gasteiger partial charge in [0.1, 0.15) is 67.1 Å². The molecule has 19 heteroatoms. The van der Waals surface area contributed by atoms with Crippen LogP contribution in [0.4, 0.5) is 0 Å². The van der Waals surface area contributed by atoms with Crippen molar-refractivity contribution in [3.05, 3.63) is 11.6 Å². The van der Waals surface area contributed by atoms with E-state index in [-0.39, 0.29) is 52.4 Å². The van der Waals surface area contributed by atoms with E-state index in [1.807, 2.05) is 6.92 Å². The zero-order valence-electron chi connectivity index (χ0n) is 39.8. The topological polar surface area (TPSA) is 315 Å². The molecular formula is C48H78O19. The number of aliphatic hydroxyl groups excluding tert-OH is 12. The lowest BCUT2D eigenvalue weighted by Gasteiger charge is -2.71. The summed E-state index contributed by atoms with van der Waals surface area (Å²) >= 11 is 0. The highest BCUT2D eigenvalue weighted by Crippen LogP contribution is 2.76. The quantitative estimate of drug-likeness (QED) is 0.0971. The minimum atomic E-state index is -1.86. The van der Waals surface area contributed by atoms with Gasteiger partial charge >= 0.3 is 5.97 Å². The van der Waals surface area contributed by atoms with Crippen molar-refractivity contribution in [3.8, 4) is 0 Å². The van der Waals surface area contributed by atoms with Gasteiger partial charge in [-0.15, -0.1) is 0 Å². The zero-order valence-corrected chi connectivity index (χ0v) is 39.8. The van der Waals surface area contributed by atoms with Crippen LogP contribution in [0.2, 0.25) is 0 Å². The number of esters is 1. The fourth-order valence-electron chi connectivity index (χ4n) is 15.2. The third kappa shape index (κ3) is 7.92. The molecule has 3 aliphatic heterocycles. The number of ether oxygens (including phenoxy) is 6. The first-order valence-electron chi connectivity index (χ1n) is 24.5. The normalized spacial score (nSPS) is 56.7. The summed E-state index contributed by atoms with van der Waals surface area (Å²) in [5.74, 6) is -0.386. The summed E-state index contributed by atoms with van der Waals surface area (Å²) in [6.07, 6.45) is -18.9. The van der Waals surface area contributed by atoms with E-state index in [0.717, 1.165) is 19.3 Å². The average molecular weight is 959 g/mol. The van der Waals surface area contributed by atoms with Crippen molar-refractivity contribution in [2.75, 3.05) is 19.8 Å². The Morgan fingerprint density at radius 1 is 0.701 bits per heavy atom. The van der Waals surface area contributed by atoms with E-state index in [9.17, 15) is 61.3 Å². The summed E-state index contributed by atoms with van der Waals surface area (Å²) in [7, 11) is 0. The molecule has 8 aliphatic rings. The van der Waals surface area contributed by atoms with Crippen LogP contribution in [0.5, 0.6) is 0 Å². The van der Waals surface area contributed by atoms with E-state index in [4.69, 9.17) is 28.4 Å². The monoisotopic (exact) mass is 959 g/mol. The van der Waals surface area contributed by atoms with Crippen molar-refractivity contribution in [2.45, 2.75) is 204 Å². The molecule has 5 aliphatic carbocycles. The number of carbonyl (C=O) groups excluding carboxylic acids is 1. The molecule has 0 aromatic heterocycles. The molecule has 27 atom stereocenters. The van der Waals surface area contributed by atoms with Crippen molar-refractivity contribution in [1.29, 1.82) is 0 Å². The van der Waals surface area contributed by atoms with Crippen LogP contribution in [0.1, 0.15) is 99.8 Å². The Balaban J connectivity index is 0.985. The van der Waals surface area contributed by atoms with Gasteiger partial charge in [0.15, 0.2) is 12.6 Å². The van der Waals surface area contributed by atoms with Gasteiger partial charge in [-0.3, -0.25) is 4.79 Å². The molecule has 0 unspecified atom stereocenters. The molecule has 0 amide bonds. The highest BCUT2D eigenvalue weighted by molar-refractivity contribution is 5.79. The third-order valence-electron chi connectivity index (χ3n) is 19.7. The minimum Gasteiger partial charge on any atom is -0.432 e. The number of aliphatic hydroxyl groups is 12. The average Bonchev–Trinajstić information content (AvgIpc) is 3.29. The Kier molecular flexibility index (Phi) is 14.4. The number of rotatable bonds is 9. The van der Waals surface area contributed by atoms with Crippen molar-refractivity contribution in [1.82, 2.24) is 0 Å². The second-order valence-electron chi connectivity index (χ2n) is 22.9. The van der Waals surface area contributed by atoms with E-state index >= 15 is 4.79 Å². The standard InChI is InChI=1S/C48H78O19/c1-20-10-13-48(15-14-46(6)23(29(48)21(20)2)8-9-28-44(4)16-24(51)39(60)45(5,19-50)27(44)11-12-47(28,46)7)43(61)67-42-36(58)33(55)31(53)26(65-42)18-62-40-37(59)34(56)38(25(17-49)64-40)66-41-35(57)32(54)30(52)22(3)63-41/h8,20-22,24-42,49-60H,9-19H2,1-7H3/t20-,21+,22-,24+,25-,26-,27-,28-,29+,30+,31+,32+,33+,34-,35+,36+,37+,38+,39+,40-,41+,42+,44-,45+,46-,47+,48+/m0/s1. The highest BCUT2D eigenvalue weighted by atomic mass is 16.8. The number of carbonyl (C=O) groups is 1. The lowest BCUT2D eigenvalue weighted by atomic mass is 9.33. The van der Waals surface area contributed by atoms with E-state index in [1.165, 1.54) is 12.5 Å². The molecule has 3 heterocycles. The second-order valence-corrected chi connectivity index (χ2v) is 22.9. The Morgan fingerprint density at radius 3 is 2.01 bits per heavy atom. The molecule has 0 radical (unpaired) electrons. The first-order chi connectivity index (χ1) is 31.4. The van der Waals surface area contributed by atoms with Crippen LogP contribution in [0.15, 0.2) is 11.6 Å². The smallest absolute Gasteiger partial charge is 0.315 e. The van der Waals surface area contributed by atoms with E-state index in [0.29, 0.717) is 32.1 Å². The maximum absolute atomic E-state index is 15.0. The van der Waals surface area contributed by atoms with Gasteiger partial charge in [0.05, 0.1) is 43.5 Å². The molecule has 0 aromatic carbocycles. The number of hydrogen-bond donors (Lipinski definition) is 12. The maximum Gasteiger partial charge on any atom is 0.315 e. The van der Waals surface area contributed by atoms with Gasteiger partial charge < -0.3 is 89.7 Å². The number of fused-ring (bicyclic) bond motifs is 7. The molecule has 7 fully saturated rings. The highest BCUT2D eigenvalue weighted by Gasteiger charge is 2.71. The molecule has 8 rings (SSSR count). The Bertz CT molecular complexity index is 1820. The van der Waals surface area contributed by atoms with E-state index in [2.05, 4.69) is 40.7 Å². The van der Waals surface area contributed by atoms with Crippen molar-refractivity contribution < 1.29 is 94.5 Å². The van der Waals surface area contributed by atoms with Gasteiger partial charge in [0, 0.05) is 5.41 Å². The molecule has 67 heavy (non-hydrogen) atoms. The van der Waals surface area contributed by atoms with Crippen molar-refractivity contribution in [3.63, 3.8) is 0 Å². The predicted molar refractivity (Wildman–Crippen MR) is 231 cm³/mol. The predicted octanol–water partition coefficient (Wildman–Crippen LogP) is -1.03. The Morgan fingerprint density at radius 2 is 1.34 bits per heavy atom. The maximum atomic E-state index is 15.0. The zero-order chi connectivity index (χ0) is 49.1. The first kappa shape index (κ1) is 51.9. The van der Waals surface area contributed by atoms with Crippen molar-refractivity contribution in [2.24, 2.45) is 56.7 Å². The van der Waals surface area contributed by atoms with Gasteiger partial charge in [0.2, 0.25) is 6.29 Å². The molecule has 4 saturated carbocycles. The molecule has 0 bridgehead atoms. The van der Waals surface area contributed by atoms with Gasteiger partial charge in [-0.05, 0) is 104 Å². The summed E-state index contributed by atoms with van der Waals surface area (Å²) in [4.78, 5) is 15.0. The van der Waals surface area contributed by atoms with Gasteiger partial charge in [0.25, 0.3) is 0 Å². The van der Waals surface area contributed by atoms with Crippen LogP contribution < -0.4 is 0 Å². The Hall–Kier alpha value is -1.47. The fourth-order valence-corrected chi connectivity index (χ4v) is 15.2. The number of hydrogen-bond acceptors (Lipinski definition) is 19. The lowest BCUT2D eigenvalue weighted by Crippen LogP contribution is -2.68. The minimum absolute atomic E-state index is 0.0112. The summed E-state index contributed by atoms with van der Waals surface area (Å²) in [5.41, 5.74) is -1.64. The van der Waals surface area contributed by atoms with Crippen LogP contribution in [-0.4, -0.2) is 191 Å². The molecule has 0 spiro atoms. The van der Waals surface area contributed by atoms with Crippen molar-refractivity contribution >= 4 is 5.97 Å². The summed E-state index contributed by atoms with van der Waals surface area (Å²) < 4.78 is 34.7. The summed E-state index contributed by atoms with van der Waals surface area (Å²) in [6, 6.07) is 0. The van der Waals surface area contributed by atoms with Crippen LogP contribution >= 0.6 is 0 Å². The number of allylic oxidation sites excluding steroid dienone is 2. The Labute approximate surface area is 392 Å². The van der Waals surface area contributed by atoms with Crippen LogP contribution in [0.25, 0.3) is 0 Å². The van der Waals surface area contributed by atoms with Crippen LogP contribution in [-0.2, 0) is 33.2 Å². The van der Waals surface area contributed by atoms with E-state index in [1.54, 1.807) is 0 Å². The SMILES string of the molecule is C[C@@H]1[C@@H](C)CC[C@@]2(C(=O)O[C@H]3O[C@@H](CO[C@H]4O[C@@H](CO)[C@@H](O[C@H]5O[C@@H](C)[C@@H](O)[C@@H](O)[C@H]5O)[C@@H](O)[C@H]4O)[C@@H](O)[C@@H](O)[C@H]3O)CC[C@@]3(C)C(=CC[C@H]4[C@@]5(C)C[C@@H](O)[C@@H](O)[C@](C)(CO)[C@H]5CC[C@]43C)[C@@H]12. The summed E-state index contributed by atoms with van der Waals surface area (Å²) in [5, 5.41) is 130. The molecule has 19 nitrogen and oxygen atoms in total. The van der Waals surface area contributed by atoms with Gasteiger partial charge in [-0.25, -0.2) is 0 Å². The summed E-state index contributed by atoms with van der Waals surface area (Å²) in [6.45, 7) is 13.0. The molecule has 384 valence electrons. The fraction of sp³-hybridized carbons (Fsp3) is 0.938. The first-order valence-corrected chi connectivity index (χ1v) is 24.5.